The summed E-state index contributed by atoms with van der Waals surface area (Å²) in [6.07, 6.45) is 1.76. The third-order valence-electron chi connectivity index (χ3n) is 7.26. The van der Waals surface area contributed by atoms with Crippen LogP contribution in [0.4, 0.5) is 5.13 Å². The van der Waals surface area contributed by atoms with Gasteiger partial charge in [0.1, 0.15) is 11.3 Å². The van der Waals surface area contributed by atoms with E-state index in [4.69, 9.17) is 14.5 Å². The number of para-hydroxylation sites is 1. The summed E-state index contributed by atoms with van der Waals surface area (Å²) < 4.78 is 39.2. The van der Waals surface area contributed by atoms with Crippen LogP contribution in [0.5, 0.6) is 5.75 Å². The average Bonchev–Trinajstić information content (AvgIpc) is 3.63. The molecule has 3 aromatic rings. The number of likely N-dealkylation sites (N-methyl/N-ethyl adjacent to an activating group) is 1. The minimum atomic E-state index is -3.64. The number of fused-ring (bicyclic) bond motifs is 1. The van der Waals surface area contributed by atoms with Gasteiger partial charge in [0.2, 0.25) is 10.0 Å². The average molecular weight is 574 g/mol. The third-order valence-corrected chi connectivity index (χ3v) is 10.2. The molecule has 0 bridgehead atoms. The number of hydrogen-bond acceptors (Lipinski definition) is 9. The summed E-state index contributed by atoms with van der Waals surface area (Å²) in [6, 6.07) is 12.1. The van der Waals surface area contributed by atoms with Gasteiger partial charge < -0.3 is 19.7 Å². The zero-order valence-electron chi connectivity index (χ0n) is 22.3. The highest BCUT2D eigenvalue weighted by Gasteiger charge is 2.26. The Labute approximate surface area is 233 Å². The monoisotopic (exact) mass is 573 g/mol. The SMILES string of the molecule is COc1cccc2sc(N3CCN(CCNC(=O)c4ccc(S(=O)(=O)N(C)CC5CCCO5)cc4)CC3)nc12. The first-order valence-corrected chi connectivity index (χ1v) is 15.5. The van der Waals surface area contributed by atoms with Crippen LogP contribution in [0.25, 0.3) is 10.2 Å². The van der Waals surface area contributed by atoms with Gasteiger partial charge in [-0.1, -0.05) is 17.4 Å². The van der Waals surface area contributed by atoms with Crippen molar-refractivity contribution in [3.05, 3.63) is 48.0 Å². The van der Waals surface area contributed by atoms with Crippen molar-refractivity contribution in [2.75, 3.05) is 71.5 Å². The zero-order valence-corrected chi connectivity index (χ0v) is 24.0. The van der Waals surface area contributed by atoms with E-state index in [0.29, 0.717) is 25.3 Å². The fraction of sp³-hybridized carbons (Fsp3) is 0.481. The fourth-order valence-corrected chi connectivity index (χ4v) is 7.17. The first-order chi connectivity index (χ1) is 18.8. The quantitative estimate of drug-likeness (QED) is 0.395. The van der Waals surface area contributed by atoms with Gasteiger partial charge in [-0.25, -0.2) is 13.4 Å². The topological polar surface area (TPSA) is 104 Å². The number of carbonyl (C=O) groups is 1. The van der Waals surface area contributed by atoms with Gasteiger partial charge in [-0.2, -0.15) is 4.31 Å². The summed E-state index contributed by atoms with van der Waals surface area (Å²) in [6.45, 7) is 5.77. The number of methoxy groups -OCH3 is 1. The molecular formula is C27H35N5O5S2. The number of thiazole rings is 1. The molecule has 1 N–H and O–H groups in total. The molecule has 1 aromatic heterocycles. The summed E-state index contributed by atoms with van der Waals surface area (Å²) in [4.78, 5) is 22.2. The Morgan fingerprint density at radius 1 is 1.18 bits per heavy atom. The number of anilines is 1. The van der Waals surface area contributed by atoms with E-state index in [2.05, 4.69) is 21.2 Å². The van der Waals surface area contributed by atoms with Crippen LogP contribution in [0.3, 0.4) is 0 Å². The van der Waals surface area contributed by atoms with E-state index in [1.165, 1.54) is 16.4 Å². The lowest BCUT2D eigenvalue weighted by molar-refractivity contribution is 0.0947. The minimum absolute atomic E-state index is 0.0607. The summed E-state index contributed by atoms with van der Waals surface area (Å²) >= 11 is 1.68. The van der Waals surface area contributed by atoms with E-state index >= 15 is 0 Å². The van der Waals surface area contributed by atoms with Crippen molar-refractivity contribution in [2.45, 2.75) is 23.8 Å². The Morgan fingerprint density at radius 2 is 1.95 bits per heavy atom. The lowest BCUT2D eigenvalue weighted by Crippen LogP contribution is -2.48. The van der Waals surface area contributed by atoms with Gasteiger partial charge in [0.15, 0.2) is 5.13 Å². The van der Waals surface area contributed by atoms with Crippen molar-refractivity contribution >= 4 is 42.6 Å². The number of ether oxygens (including phenoxy) is 2. The van der Waals surface area contributed by atoms with Crippen molar-refractivity contribution in [1.82, 2.24) is 19.5 Å². The molecule has 0 aliphatic carbocycles. The number of hydrogen-bond donors (Lipinski definition) is 1. The van der Waals surface area contributed by atoms with Crippen LogP contribution in [-0.2, 0) is 14.8 Å². The number of aromatic nitrogens is 1. The Bertz CT molecular complexity index is 1380. The Kier molecular flexibility index (Phi) is 8.67. The Morgan fingerprint density at radius 3 is 2.64 bits per heavy atom. The molecule has 2 saturated heterocycles. The van der Waals surface area contributed by atoms with E-state index in [9.17, 15) is 13.2 Å². The molecule has 0 saturated carbocycles. The normalized spacial score (nSPS) is 18.6. The van der Waals surface area contributed by atoms with Gasteiger partial charge in [-0.3, -0.25) is 9.69 Å². The maximum absolute atomic E-state index is 12.9. The summed E-state index contributed by atoms with van der Waals surface area (Å²) in [7, 11) is -0.407. The van der Waals surface area contributed by atoms with Crippen LogP contribution in [-0.4, -0.2) is 101 Å². The number of sulfonamides is 1. The van der Waals surface area contributed by atoms with Crippen molar-refractivity contribution in [3.8, 4) is 5.75 Å². The molecule has 5 rings (SSSR count). The van der Waals surface area contributed by atoms with Crippen molar-refractivity contribution in [3.63, 3.8) is 0 Å². The standard InChI is InChI=1S/C27H35N5O5S2/c1-30(19-21-5-4-18-37-21)39(34,35)22-10-8-20(9-11-22)26(33)28-12-13-31-14-16-32(17-15-31)27-29-25-23(36-2)6-3-7-24(25)38-27/h3,6-11,21H,4-5,12-19H2,1-2H3,(H,28,33). The van der Waals surface area contributed by atoms with Gasteiger partial charge >= 0.3 is 0 Å². The molecule has 2 aliphatic rings. The Balaban J connectivity index is 1.07. The highest BCUT2D eigenvalue weighted by molar-refractivity contribution is 7.89. The van der Waals surface area contributed by atoms with Crippen LogP contribution in [0.15, 0.2) is 47.4 Å². The molecule has 2 fully saturated rings. The molecule has 2 aliphatic heterocycles. The van der Waals surface area contributed by atoms with Gasteiger partial charge in [-0.15, -0.1) is 0 Å². The van der Waals surface area contributed by atoms with Gasteiger partial charge in [0.25, 0.3) is 5.91 Å². The third kappa shape index (κ3) is 6.36. The predicted octanol–water partition coefficient (Wildman–Crippen LogP) is 2.66. The minimum Gasteiger partial charge on any atom is -0.494 e. The molecule has 0 radical (unpaired) electrons. The molecule has 210 valence electrons. The van der Waals surface area contributed by atoms with E-state index in [0.717, 1.165) is 66.7 Å². The lowest BCUT2D eigenvalue weighted by atomic mass is 10.2. The predicted molar refractivity (Wildman–Crippen MR) is 152 cm³/mol. The van der Waals surface area contributed by atoms with Gasteiger partial charge in [-0.05, 0) is 49.2 Å². The molecule has 1 unspecified atom stereocenters. The van der Waals surface area contributed by atoms with Crippen LogP contribution < -0.4 is 15.0 Å². The first kappa shape index (κ1) is 27.8. The molecule has 3 heterocycles. The van der Waals surface area contributed by atoms with E-state index in [1.807, 2.05) is 12.1 Å². The maximum Gasteiger partial charge on any atom is 0.251 e. The molecule has 2 aromatic carbocycles. The maximum atomic E-state index is 12.9. The second kappa shape index (κ2) is 12.2. The number of carbonyl (C=O) groups excluding carboxylic acids is 1. The molecule has 1 atom stereocenters. The van der Waals surface area contributed by atoms with Gasteiger partial charge in [0, 0.05) is 65.0 Å². The lowest BCUT2D eigenvalue weighted by Gasteiger charge is -2.34. The summed E-state index contributed by atoms with van der Waals surface area (Å²) in [5.74, 6) is 0.580. The van der Waals surface area contributed by atoms with Crippen molar-refractivity contribution < 1.29 is 22.7 Å². The fourth-order valence-electron chi connectivity index (χ4n) is 4.94. The Hall–Kier alpha value is -2.77. The molecule has 1 amide bonds. The van der Waals surface area contributed by atoms with E-state index in [-0.39, 0.29) is 16.9 Å². The largest absolute Gasteiger partial charge is 0.494 e. The highest BCUT2D eigenvalue weighted by Crippen LogP contribution is 2.34. The molecule has 10 nitrogen and oxygen atoms in total. The molecule has 39 heavy (non-hydrogen) atoms. The first-order valence-electron chi connectivity index (χ1n) is 13.2. The van der Waals surface area contributed by atoms with E-state index in [1.54, 1.807) is 37.6 Å². The van der Waals surface area contributed by atoms with E-state index < -0.39 is 10.0 Å². The smallest absolute Gasteiger partial charge is 0.251 e. The van der Waals surface area contributed by atoms with Crippen molar-refractivity contribution in [1.29, 1.82) is 0 Å². The second-order valence-electron chi connectivity index (χ2n) is 9.83. The number of amides is 1. The number of nitrogens with zero attached hydrogens (tertiary/aromatic N) is 4. The number of benzene rings is 2. The van der Waals surface area contributed by atoms with Crippen molar-refractivity contribution in [2.24, 2.45) is 0 Å². The summed E-state index contributed by atoms with van der Waals surface area (Å²) in [5.41, 5.74) is 1.34. The molecular weight excluding hydrogens is 538 g/mol. The number of nitrogens with one attached hydrogen (secondary N) is 1. The van der Waals surface area contributed by atoms with Crippen LogP contribution in [0.2, 0.25) is 0 Å². The van der Waals surface area contributed by atoms with Crippen LogP contribution in [0.1, 0.15) is 23.2 Å². The molecule has 0 spiro atoms. The van der Waals surface area contributed by atoms with Gasteiger partial charge in [0.05, 0.1) is 22.8 Å². The number of rotatable bonds is 10. The highest BCUT2D eigenvalue weighted by atomic mass is 32.2. The van der Waals surface area contributed by atoms with Crippen LogP contribution >= 0.6 is 11.3 Å². The molecule has 12 heteroatoms. The van der Waals surface area contributed by atoms with Crippen LogP contribution in [0, 0.1) is 0 Å². The zero-order chi connectivity index (χ0) is 27.4. The number of piperazine rings is 1. The summed E-state index contributed by atoms with van der Waals surface area (Å²) in [5, 5.41) is 3.96. The second-order valence-corrected chi connectivity index (χ2v) is 12.9.